The molecule has 0 bridgehead atoms. The van der Waals surface area contributed by atoms with Crippen LogP contribution in [0.15, 0.2) is 36.4 Å². The van der Waals surface area contributed by atoms with E-state index in [1.807, 2.05) is 24.3 Å². The number of ether oxygens (including phenoxy) is 1. The minimum Gasteiger partial charge on any atom is -0.365 e. The molecule has 31 heavy (non-hydrogen) atoms. The summed E-state index contributed by atoms with van der Waals surface area (Å²) >= 11 is 6.28. The van der Waals surface area contributed by atoms with E-state index in [1.165, 1.54) is 0 Å². The fourth-order valence-electron chi connectivity index (χ4n) is 5.30. The first kappa shape index (κ1) is 19.2. The number of rotatable bonds is 1. The Hall–Kier alpha value is -2.48. The van der Waals surface area contributed by atoms with E-state index >= 15 is 0 Å². The van der Waals surface area contributed by atoms with Gasteiger partial charge in [-0.3, -0.25) is 9.47 Å². The van der Waals surface area contributed by atoms with Crippen molar-refractivity contribution in [3.05, 3.63) is 69.8 Å². The Bertz CT molecular complexity index is 1170. The zero-order chi connectivity index (χ0) is 21.2. The van der Waals surface area contributed by atoms with E-state index in [4.69, 9.17) is 16.3 Å². The van der Waals surface area contributed by atoms with Crippen LogP contribution in [0.3, 0.4) is 0 Å². The third kappa shape index (κ3) is 2.98. The lowest BCUT2D eigenvalue weighted by Crippen LogP contribution is -2.44. The van der Waals surface area contributed by atoms with Crippen molar-refractivity contribution in [1.82, 2.24) is 19.7 Å². The lowest BCUT2D eigenvalue weighted by Gasteiger charge is -2.39. The molecule has 0 saturated carbocycles. The third-order valence-corrected chi connectivity index (χ3v) is 7.00. The number of halogens is 2. The largest absolute Gasteiger partial charge is 0.365 e. The molecule has 0 radical (unpaired) electrons. The van der Waals surface area contributed by atoms with Gasteiger partial charge in [0.05, 0.1) is 18.8 Å². The van der Waals surface area contributed by atoms with Crippen molar-refractivity contribution in [2.45, 2.75) is 38.1 Å². The maximum absolute atomic E-state index is 14.7. The summed E-state index contributed by atoms with van der Waals surface area (Å²) in [4.78, 5) is 4.46. The average Bonchev–Trinajstić information content (AvgIpc) is 3.28. The molecule has 1 aromatic heterocycles. The molecule has 1 saturated heterocycles. The fraction of sp³-hybridized carbons (Fsp3) is 0.391. The van der Waals surface area contributed by atoms with Crippen LogP contribution in [0.25, 0.3) is 5.69 Å². The van der Waals surface area contributed by atoms with Gasteiger partial charge in [0.2, 0.25) is 5.95 Å². The molecule has 6 rings (SSSR count). The van der Waals surface area contributed by atoms with Crippen LogP contribution in [0.5, 0.6) is 0 Å². The molecule has 0 N–H and O–H groups in total. The normalized spacial score (nSPS) is 19.8. The Labute approximate surface area is 185 Å². The summed E-state index contributed by atoms with van der Waals surface area (Å²) in [5.41, 5.74) is 3.40. The monoisotopic (exact) mass is 439 g/mol. The maximum Gasteiger partial charge on any atom is 0.231 e. The minimum atomic E-state index is -0.537. The van der Waals surface area contributed by atoms with Gasteiger partial charge >= 0.3 is 0 Å². The minimum absolute atomic E-state index is 0.159. The molecule has 0 atom stereocenters. The number of piperidine rings is 1. The lowest BCUT2D eigenvalue weighted by atomic mass is 9.83. The van der Waals surface area contributed by atoms with Crippen LogP contribution >= 0.6 is 11.6 Å². The Morgan fingerprint density at radius 3 is 2.74 bits per heavy atom. The van der Waals surface area contributed by atoms with Gasteiger partial charge in [-0.2, -0.15) is 0 Å². The first-order valence-electron chi connectivity index (χ1n) is 10.6. The quantitative estimate of drug-likeness (QED) is 0.573. The number of hydrogen-bond acceptors (Lipinski definition) is 5. The van der Waals surface area contributed by atoms with E-state index in [2.05, 4.69) is 31.6 Å². The summed E-state index contributed by atoms with van der Waals surface area (Å²) in [6, 6.07) is 11.2. The number of benzene rings is 2. The second kappa shape index (κ2) is 7.02. The number of hydrogen-bond donors (Lipinski definition) is 0. The third-order valence-electron chi connectivity index (χ3n) is 6.76. The molecular formula is C23H23ClFN5O. The Kier molecular flexibility index (Phi) is 4.35. The van der Waals surface area contributed by atoms with Crippen molar-refractivity contribution in [2.75, 3.05) is 25.0 Å². The fourth-order valence-corrected chi connectivity index (χ4v) is 5.49. The first-order chi connectivity index (χ1) is 15.0. The summed E-state index contributed by atoms with van der Waals surface area (Å²) in [5.74, 6) is 1.58. The standard InChI is InChI=1S/C23H23ClFN5O/c1-28-12-16-11-17(24)5-6-19(16)30-20(13-28)26-27-22(30)29-9-7-23(8-10-29)21-15(14-31-23)3-2-4-18(21)25/h2-6,11H,7-10,12-14H2,1H3. The molecule has 1 spiro atoms. The molecule has 160 valence electrons. The molecule has 3 aliphatic heterocycles. The van der Waals surface area contributed by atoms with E-state index in [1.54, 1.807) is 12.1 Å². The molecule has 0 amide bonds. The molecule has 3 aliphatic rings. The Balaban J connectivity index is 1.34. The Morgan fingerprint density at radius 1 is 1.06 bits per heavy atom. The van der Waals surface area contributed by atoms with Gasteiger partial charge in [0, 0.05) is 30.2 Å². The van der Waals surface area contributed by atoms with Gasteiger partial charge in [-0.05, 0) is 55.3 Å². The van der Waals surface area contributed by atoms with Gasteiger partial charge in [-0.25, -0.2) is 4.39 Å². The molecule has 2 aromatic carbocycles. The van der Waals surface area contributed by atoms with E-state index < -0.39 is 5.60 Å². The van der Waals surface area contributed by atoms with E-state index in [0.717, 1.165) is 71.6 Å². The van der Waals surface area contributed by atoms with Gasteiger partial charge in [-0.15, -0.1) is 10.2 Å². The van der Waals surface area contributed by atoms with Gasteiger partial charge in [0.25, 0.3) is 0 Å². The first-order valence-corrected chi connectivity index (χ1v) is 11.0. The summed E-state index contributed by atoms with van der Waals surface area (Å²) < 4.78 is 23.0. The Morgan fingerprint density at radius 2 is 1.90 bits per heavy atom. The molecule has 6 nitrogen and oxygen atoms in total. The van der Waals surface area contributed by atoms with Crippen molar-refractivity contribution in [3.63, 3.8) is 0 Å². The van der Waals surface area contributed by atoms with Crippen molar-refractivity contribution in [2.24, 2.45) is 0 Å². The lowest BCUT2D eigenvalue weighted by molar-refractivity contribution is -0.0569. The smallest absolute Gasteiger partial charge is 0.231 e. The average molecular weight is 440 g/mol. The molecule has 8 heteroatoms. The van der Waals surface area contributed by atoms with Crippen molar-refractivity contribution >= 4 is 17.5 Å². The van der Waals surface area contributed by atoms with Gasteiger partial charge < -0.3 is 9.64 Å². The molecule has 3 aromatic rings. The van der Waals surface area contributed by atoms with Crippen LogP contribution < -0.4 is 4.90 Å². The zero-order valence-electron chi connectivity index (χ0n) is 17.3. The highest BCUT2D eigenvalue weighted by Crippen LogP contribution is 2.46. The van der Waals surface area contributed by atoms with Crippen molar-refractivity contribution in [1.29, 1.82) is 0 Å². The van der Waals surface area contributed by atoms with Crippen LogP contribution in [0, 0.1) is 5.82 Å². The molecular weight excluding hydrogens is 417 g/mol. The van der Waals surface area contributed by atoms with Crippen LogP contribution in [-0.2, 0) is 30.0 Å². The second-order valence-corrected chi connectivity index (χ2v) is 9.18. The van der Waals surface area contributed by atoms with Crippen LogP contribution in [0.2, 0.25) is 5.02 Å². The van der Waals surface area contributed by atoms with Crippen molar-refractivity contribution < 1.29 is 9.13 Å². The highest BCUT2D eigenvalue weighted by atomic mass is 35.5. The zero-order valence-corrected chi connectivity index (χ0v) is 18.1. The van der Waals surface area contributed by atoms with Gasteiger partial charge in [0.15, 0.2) is 5.82 Å². The predicted octanol–water partition coefficient (Wildman–Crippen LogP) is 4.03. The highest BCUT2D eigenvalue weighted by molar-refractivity contribution is 6.30. The predicted molar refractivity (Wildman–Crippen MR) is 116 cm³/mol. The summed E-state index contributed by atoms with van der Waals surface area (Å²) in [6.07, 6.45) is 1.44. The maximum atomic E-state index is 14.7. The molecule has 1 fully saturated rings. The number of anilines is 1. The highest BCUT2D eigenvalue weighted by Gasteiger charge is 2.45. The van der Waals surface area contributed by atoms with E-state index in [0.29, 0.717) is 13.2 Å². The summed E-state index contributed by atoms with van der Waals surface area (Å²) in [5, 5.41) is 9.79. The van der Waals surface area contributed by atoms with Gasteiger partial charge in [-0.1, -0.05) is 23.7 Å². The number of fused-ring (bicyclic) bond motifs is 5. The van der Waals surface area contributed by atoms with Crippen LogP contribution in [-0.4, -0.2) is 39.8 Å². The molecule has 4 heterocycles. The van der Waals surface area contributed by atoms with Crippen molar-refractivity contribution in [3.8, 4) is 5.69 Å². The summed E-state index contributed by atoms with van der Waals surface area (Å²) in [6.45, 7) is 3.44. The topological polar surface area (TPSA) is 46.4 Å². The van der Waals surface area contributed by atoms with Gasteiger partial charge in [0.1, 0.15) is 11.4 Å². The van der Waals surface area contributed by atoms with E-state index in [9.17, 15) is 4.39 Å². The number of nitrogens with zero attached hydrogens (tertiary/aromatic N) is 5. The van der Waals surface area contributed by atoms with E-state index in [-0.39, 0.29) is 5.82 Å². The van der Waals surface area contributed by atoms with Crippen LogP contribution in [0.1, 0.15) is 35.4 Å². The summed E-state index contributed by atoms with van der Waals surface area (Å²) in [7, 11) is 2.07. The molecule has 0 aliphatic carbocycles. The second-order valence-electron chi connectivity index (χ2n) is 8.74. The number of aromatic nitrogens is 3. The molecule has 0 unspecified atom stereocenters. The SMILES string of the molecule is CN1Cc2cc(Cl)ccc2-n2c(nnc2N2CCC3(CC2)OCc2cccc(F)c23)C1. The van der Waals surface area contributed by atoms with Crippen LogP contribution in [0.4, 0.5) is 10.3 Å².